The summed E-state index contributed by atoms with van der Waals surface area (Å²) in [7, 11) is 0. The van der Waals surface area contributed by atoms with E-state index in [2.05, 4.69) is 19.7 Å². The van der Waals surface area contributed by atoms with Crippen LogP contribution in [0.25, 0.3) is 0 Å². The van der Waals surface area contributed by atoms with Crippen LogP contribution in [0.4, 0.5) is 0 Å². The van der Waals surface area contributed by atoms with Crippen LogP contribution in [0.15, 0.2) is 72.9 Å². The van der Waals surface area contributed by atoms with Crippen molar-refractivity contribution in [3.63, 3.8) is 0 Å². The third kappa shape index (κ3) is 31.4. The first-order chi connectivity index (χ1) is 14.6. The minimum absolute atomic E-state index is 0.176. The fourth-order valence-corrected chi connectivity index (χ4v) is 0.535. The molecule has 0 aromatic heterocycles. The molecular formula is C23H36O9. The molecule has 9 heteroatoms. The van der Waals surface area contributed by atoms with Gasteiger partial charge in [0.15, 0.2) is 0 Å². The number of aliphatic hydroxyl groups excluding tert-OH is 3. The third-order valence-electron chi connectivity index (χ3n) is 2.91. The summed E-state index contributed by atoms with van der Waals surface area (Å²) in [5.41, 5.74) is -0.181. The Kier molecular flexibility index (Phi) is 25.3. The lowest BCUT2D eigenvalue weighted by Gasteiger charge is -2.20. The predicted molar refractivity (Wildman–Crippen MR) is 123 cm³/mol. The highest BCUT2D eigenvalue weighted by atomic mass is 16.4. The van der Waals surface area contributed by atoms with Crippen molar-refractivity contribution in [2.45, 2.75) is 27.7 Å². The van der Waals surface area contributed by atoms with Gasteiger partial charge in [0, 0.05) is 22.1 Å². The maximum atomic E-state index is 9.60. The van der Waals surface area contributed by atoms with E-state index in [4.69, 9.17) is 30.6 Å². The van der Waals surface area contributed by atoms with Crippen LogP contribution < -0.4 is 0 Å². The number of hydrogen-bond donors (Lipinski definition) is 6. The van der Waals surface area contributed by atoms with E-state index in [1.807, 2.05) is 36.4 Å². The molecule has 0 spiro atoms. The Balaban J connectivity index is -0.000000154. The molecule has 0 radical (unpaired) electrons. The normalized spacial score (nSPS) is 8.72. The van der Waals surface area contributed by atoms with Gasteiger partial charge >= 0.3 is 17.9 Å². The molecule has 9 nitrogen and oxygen atoms in total. The Hall–Kier alpha value is -3.27. The Labute approximate surface area is 189 Å². The van der Waals surface area contributed by atoms with Crippen molar-refractivity contribution in [1.82, 2.24) is 0 Å². The number of carbonyl (C=O) groups is 3. The summed E-state index contributed by atoms with van der Waals surface area (Å²) in [4.78, 5) is 28.8. The van der Waals surface area contributed by atoms with E-state index in [1.54, 1.807) is 6.92 Å². The van der Waals surface area contributed by atoms with E-state index in [0.717, 1.165) is 0 Å². The highest BCUT2D eigenvalue weighted by Crippen LogP contribution is 2.10. The van der Waals surface area contributed by atoms with Gasteiger partial charge in [-0.2, -0.15) is 0 Å². The second kappa shape index (κ2) is 22.4. The molecule has 1 rings (SSSR count). The smallest absolute Gasteiger partial charge is 0.330 e. The molecule has 1 aromatic carbocycles. The van der Waals surface area contributed by atoms with Gasteiger partial charge in [-0.25, -0.2) is 14.4 Å². The van der Waals surface area contributed by atoms with Crippen LogP contribution in [-0.4, -0.2) is 68.4 Å². The number of aliphatic carboxylic acids is 3. The first-order valence-corrected chi connectivity index (χ1v) is 9.10. The van der Waals surface area contributed by atoms with Gasteiger partial charge in [0.25, 0.3) is 0 Å². The van der Waals surface area contributed by atoms with E-state index in [9.17, 15) is 14.4 Å². The van der Waals surface area contributed by atoms with Gasteiger partial charge in [-0.3, -0.25) is 0 Å². The lowest BCUT2D eigenvalue weighted by Crippen LogP contribution is -2.29. The van der Waals surface area contributed by atoms with Crippen LogP contribution in [0.5, 0.6) is 0 Å². The minimum atomic E-state index is -0.935. The highest BCUT2D eigenvalue weighted by molar-refractivity contribution is 5.85. The molecule has 0 aliphatic heterocycles. The van der Waals surface area contributed by atoms with Crippen LogP contribution >= 0.6 is 0 Å². The topological polar surface area (TPSA) is 173 Å². The fraction of sp³-hybridized carbons (Fsp3) is 0.348. The second-order valence-electron chi connectivity index (χ2n) is 6.70. The lowest BCUT2D eigenvalue weighted by atomic mass is 9.95. The molecule has 0 aliphatic carbocycles. The molecule has 0 atom stereocenters. The minimum Gasteiger partial charge on any atom is -0.478 e. The summed E-state index contributed by atoms with van der Waals surface area (Å²) in [6.07, 6.45) is 0. The Bertz CT molecular complexity index is 563. The monoisotopic (exact) mass is 456 g/mol. The molecule has 32 heavy (non-hydrogen) atoms. The molecular weight excluding hydrogens is 420 g/mol. The Morgan fingerprint density at radius 1 is 0.594 bits per heavy atom. The average molecular weight is 457 g/mol. The molecule has 182 valence electrons. The standard InChI is InChI=1S/C6H6.C5H12O3.3C4H6O2/c1-2-4-6-5-3-1;1-5(2-6,3-7)4-8;3*1-3(2)4(5)6/h1-6H;6-8H,2-4H2,1H3;3*1H2,2H3,(H,5,6). The summed E-state index contributed by atoms with van der Waals surface area (Å²) >= 11 is 0. The van der Waals surface area contributed by atoms with Crippen molar-refractivity contribution in [1.29, 1.82) is 0 Å². The van der Waals surface area contributed by atoms with Gasteiger partial charge in [-0.15, -0.1) is 0 Å². The van der Waals surface area contributed by atoms with E-state index in [0.29, 0.717) is 0 Å². The summed E-state index contributed by atoms with van der Waals surface area (Å²) < 4.78 is 0. The largest absolute Gasteiger partial charge is 0.478 e. The SMILES string of the molecule is C=C(C)C(=O)O.C=C(C)C(=O)O.C=C(C)C(=O)O.CC(CO)(CO)CO.c1ccccc1. The molecule has 0 heterocycles. The zero-order valence-electron chi connectivity index (χ0n) is 19.1. The van der Waals surface area contributed by atoms with Gasteiger partial charge in [0.2, 0.25) is 0 Å². The molecule has 1 aromatic rings. The fourth-order valence-electron chi connectivity index (χ4n) is 0.535. The van der Waals surface area contributed by atoms with Gasteiger partial charge in [-0.05, 0) is 20.8 Å². The second-order valence-corrected chi connectivity index (χ2v) is 6.70. The molecule has 0 saturated heterocycles. The van der Waals surface area contributed by atoms with Crippen molar-refractivity contribution in [2.75, 3.05) is 19.8 Å². The average Bonchev–Trinajstić information content (AvgIpc) is 2.76. The number of rotatable bonds is 6. The van der Waals surface area contributed by atoms with Crippen molar-refractivity contribution < 1.29 is 45.0 Å². The van der Waals surface area contributed by atoms with Gasteiger partial charge in [0.1, 0.15) is 0 Å². The first kappa shape index (κ1) is 36.1. The summed E-state index contributed by atoms with van der Waals surface area (Å²) in [6.45, 7) is 14.9. The molecule has 0 amide bonds. The number of carboxylic acid groups (broad SMARTS) is 3. The van der Waals surface area contributed by atoms with Crippen molar-refractivity contribution in [3.05, 3.63) is 72.9 Å². The number of carboxylic acids is 3. The molecule has 0 bridgehead atoms. The van der Waals surface area contributed by atoms with E-state index in [1.165, 1.54) is 20.8 Å². The zero-order valence-corrected chi connectivity index (χ0v) is 19.1. The van der Waals surface area contributed by atoms with Crippen LogP contribution in [0.1, 0.15) is 27.7 Å². The summed E-state index contributed by atoms with van der Waals surface area (Å²) in [5, 5.41) is 49.1. The lowest BCUT2D eigenvalue weighted by molar-refractivity contribution is -0.133. The zero-order chi connectivity index (χ0) is 26.3. The molecule has 6 N–H and O–H groups in total. The van der Waals surface area contributed by atoms with Crippen LogP contribution in [-0.2, 0) is 14.4 Å². The van der Waals surface area contributed by atoms with Crippen LogP contribution in [0.3, 0.4) is 0 Å². The third-order valence-corrected chi connectivity index (χ3v) is 2.91. The predicted octanol–water partition coefficient (Wildman–Crippen LogP) is 2.60. The van der Waals surface area contributed by atoms with E-state index in [-0.39, 0.29) is 36.5 Å². The molecule has 0 unspecified atom stereocenters. The van der Waals surface area contributed by atoms with Crippen molar-refractivity contribution >= 4 is 17.9 Å². The van der Waals surface area contributed by atoms with E-state index < -0.39 is 23.3 Å². The van der Waals surface area contributed by atoms with Gasteiger partial charge < -0.3 is 30.6 Å². The highest BCUT2D eigenvalue weighted by Gasteiger charge is 2.20. The number of hydrogen-bond acceptors (Lipinski definition) is 6. The maximum Gasteiger partial charge on any atom is 0.330 e. The molecule has 0 aliphatic rings. The first-order valence-electron chi connectivity index (χ1n) is 9.10. The van der Waals surface area contributed by atoms with Gasteiger partial charge in [-0.1, -0.05) is 63.1 Å². The van der Waals surface area contributed by atoms with E-state index >= 15 is 0 Å². The summed E-state index contributed by atoms with van der Waals surface area (Å²) in [5.74, 6) is -2.81. The van der Waals surface area contributed by atoms with Gasteiger partial charge in [0.05, 0.1) is 19.8 Å². The number of aliphatic hydroxyl groups is 3. The Morgan fingerprint density at radius 3 is 0.750 bits per heavy atom. The van der Waals surface area contributed by atoms with Crippen LogP contribution in [0.2, 0.25) is 0 Å². The Morgan fingerprint density at radius 2 is 0.719 bits per heavy atom. The maximum absolute atomic E-state index is 9.60. The quantitative estimate of drug-likeness (QED) is 0.352. The molecule has 0 saturated carbocycles. The summed E-state index contributed by atoms with van der Waals surface area (Å²) in [6, 6.07) is 12.0. The van der Waals surface area contributed by atoms with Crippen LogP contribution in [0, 0.1) is 5.41 Å². The van der Waals surface area contributed by atoms with Crippen molar-refractivity contribution in [3.8, 4) is 0 Å². The molecule has 0 fully saturated rings. The number of benzene rings is 1. The van der Waals surface area contributed by atoms with Crippen molar-refractivity contribution in [2.24, 2.45) is 5.41 Å².